The average molecular weight is 377 g/mol. The SMILES string of the molecule is CCn1c(=O)n(CN=C=O)c(=O)n(CNC(=O)OCCOCOF)c1=O. The fourth-order valence-electron chi connectivity index (χ4n) is 1.79. The van der Waals surface area contributed by atoms with E-state index < -0.39 is 43.3 Å². The Morgan fingerprint density at radius 3 is 2.42 bits per heavy atom. The highest BCUT2D eigenvalue weighted by atomic mass is 19.3. The lowest BCUT2D eigenvalue weighted by atomic mass is 10.6. The third-order valence-corrected chi connectivity index (χ3v) is 2.95. The maximum atomic E-state index is 12.2. The molecule has 0 aliphatic rings. The van der Waals surface area contributed by atoms with E-state index in [0.717, 1.165) is 4.57 Å². The van der Waals surface area contributed by atoms with Gasteiger partial charge in [-0.1, -0.05) is 0 Å². The number of carbonyl (C=O) groups is 1. The van der Waals surface area contributed by atoms with Gasteiger partial charge < -0.3 is 14.8 Å². The average Bonchev–Trinajstić information content (AvgIpc) is 2.61. The van der Waals surface area contributed by atoms with Crippen LogP contribution in [-0.2, 0) is 39.1 Å². The van der Waals surface area contributed by atoms with Crippen molar-refractivity contribution in [2.24, 2.45) is 4.99 Å². The molecule has 1 N–H and O–H groups in total. The molecule has 14 heteroatoms. The van der Waals surface area contributed by atoms with Gasteiger partial charge in [-0.3, -0.25) is 0 Å². The minimum Gasteiger partial charge on any atom is -0.447 e. The first-order chi connectivity index (χ1) is 12.5. The molecule has 0 unspecified atom stereocenters. The zero-order valence-electron chi connectivity index (χ0n) is 13.7. The Balaban J connectivity index is 2.90. The van der Waals surface area contributed by atoms with Gasteiger partial charge in [-0.05, 0) is 11.4 Å². The van der Waals surface area contributed by atoms with E-state index in [1.807, 2.05) is 0 Å². The molecule has 1 aromatic rings. The second kappa shape index (κ2) is 10.7. The number of carbonyl (C=O) groups excluding carboxylic acids is 2. The number of amides is 1. The van der Waals surface area contributed by atoms with Gasteiger partial charge in [-0.15, -0.1) is 0 Å². The van der Waals surface area contributed by atoms with E-state index in [4.69, 9.17) is 0 Å². The molecule has 0 aliphatic carbocycles. The molecule has 144 valence electrons. The third-order valence-electron chi connectivity index (χ3n) is 2.95. The van der Waals surface area contributed by atoms with E-state index in [2.05, 4.69) is 24.7 Å². The molecule has 1 amide bonds. The molecule has 0 bridgehead atoms. The highest BCUT2D eigenvalue weighted by Crippen LogP contribution is 1.83. The second-order valence-electron chi connectivity index (χ2n) is 4.44. The summed E-state index contributed by atoms with van der Waals surface area (Å²) < 4.78 is 22.3. The molecular formula is C12H16FN5O8. The van der Waals surface area contributed by atoms with Crippen LogP contribution >= 0.6 is 0 Å². The van der Waals surface area contributed by atoms with Gasteiger partial charge in [0.15, 0.2) is 6.79 Å². The van der Waals surface area contributed by atoms with Crippen molar-refractivity contribution in [2.45, 2.75) is 26.8 Å². The number of hydrogen-bond acceptors (Lipinski definition) is 9. The topological polar surface area (TPSA) is 152 Å². The Kier molecular flexibility index (Phi) is 8.63. The summed E-state index contributed by atoms with van der Waals surface area (Å²) in [6.45, 7) is -0.794. The molecular weight excluding hydrogens is 361 g/mol. The van der Waals surface area contributed by atoms with Crippen molar-refractivity contribution in [3.8, 4) is 0 Å². The van der Waals surface area contributed by atoms with E-state index in [9.17, 15) is 28.5 Å². The molecule has 26 heavy (non-hydrogen) atoms. The van der Waals surface area contributed by atoms with E-state index in [-0.39, 0.29) is 19.8 Å². The molecule has 0 saturated heterocycles. The van der Waals surface area contributed by atoms with Crippen LogP contribution in [0.15, 0.2) is 19.4 Å². The van der Waals surface area contributed by atoms with Crippen LogP contribution in [0.5, 0.6) is 0 Å². The van der Waals surface area contributed by atoms with E-state index in [1.165, 1.54) is 13.0 Å². The quantitative estimate of drug-likeness (QED) is 0.214. The molecule has 1 aromatic heterocycles. The van der Waals surface area contributed by atoms with Crippen molar-refractivity contribution in [3.63, 3.8) is 0 Å². The lowest BCUT2D eigenvalue weighted by Crippen LogP contribution is -2.55. The molecule has 0 fully saturated rings. The largest absolute Gasteiger partial charge is 0.447 e. The van der Waals surface area contributed by atoms with Gasteiger partial charge in [0.2, 0.25) is 6.08 Å². The molecule has 0 atom stereocenters. The number of isocyanates is 1. The molecule has 0 aromatic carbocycles. The number of rotatable bonds is 10. The highest BCUT2D eigenvalue weighted by molar-refractivity contribution is 5.66. The summed E-state index contributed by atoms with van der Waals surface area (Å²) in [5.41, 5.74) is -2.99. The predicted octanol–water partition coefficient (Wildman–Crippen LogP) is -1.96. The van der Waals surface area contributed by atoms with Gasteiger partial charge in [0.1, 0.15) is 19.9 Å². The summed E-state index contributed by atoms with van der Waals surface area (Å²) in [4.78, 5) is 64.3. The minimum absolute atomic E-state index is 0.0544. The fourth-order valence-corrected chi connectivity index (χ4v) is 1.79. The normalized spacial score (nSPS) is 10.2. The number of nitrogens with zero attached hydrogens (tertiary/aromatic N) is 4. The molecule has 1 heterocycles. The maximum Gasteiger partial charge on any atom is 0.408 e. The van der Waals surface area contributed by atoms with Crippen LogP contribution in [0.3, 0.4) is 0 Å². The Hall–Kier alpha value is -3.09. The first kappa shape index (κ1) is 21.0. The number of ether oxygens (including phenoxy) is 2. The third kappa shape index (κ3) is 5.47. The Labute approximate surface area is 144 Å². The van der Waals surface area contributed by atoms with Gasteiger partial charge in [-0.2, -0.15) is 9.93 Å². The lowest BCUT2D eigenvalue weighted by molar-refractivity contribution is -0.213. The summed E-state index contributed by atoms with van der Waals surface area (Å²) in [6, 6.07) is 0. The molecule has 0 radical (unpaired) electrons. The van der Waals surface area contributed by atoms with Crippen LogP contribution in [0.2, 0.25) is 0 Å². The summed E-state index contributed by atoms with van der Waals surface area (Å²) in [5.74, 6) is 0. The summed E-state index contributed by atoms with van der Waals surface area (Å²) in [5, 5.41) is 2.13. The van der Waals surface area contributed by atoms with Gasteiger partial charge in [0.05, 0.1) is 6.61 Å². The number of alkyl carbamates (subject to hydrolysis) is 1. The number of aromatic nitrogens is 3. The van der Waals surface area contributed by atoms with E-state index >= 15 is 0 Å². The highest BCUT2D eigenvalue weighted by Gasteiger charge is 2.15. The first-order valence-electron chi connectivity index (χ1n) is 7.17. The van der Waals surface area contributed by atoms with E-state index in [0.29, 0.717) is 9.13 Å². The Bertz CT molecular complexity index is 837. The lowest BCUT2D eigenvalue weighted by Gasteiger charge is -2.12. The molecule has 13 nitrogen and oxygen atoms in total. The summed E-state index contributed by atoms with van der Waals surface area (Å²) >= 11 is 0. The second-order valence-corrected chi connectivity index (χ2v) is 4.44. The number of hydrogen-bond donors (Lipinski definition) is 1. The van der Waals surface area contributed by atoms with Crippen LogP contribution < -0.4 is 22.4 Å². The van der Waals surface area contributed by atoms with Crippen LogP contribution in [-0.4, -0.2) is 45.9 Å². The van der Waals surface area contributed by atoms with Crippen molar-refractivity contribution in [2.75, 3.05) is 20.0 Å². The van der Waals surface area contributed by atoms with Gasteiger partial charge in [0.25, 0.3) is 0 Å². The van der Waals surface area contributed by atoms with Crippen molar-refractivity contribution in [1.29, 1.82) is 0 Å². The van der Waals surface area contributed by atoms with Gasteiger partial charge in [-0.25, -0.2) is 37.7 Å². The molecule has 0 saturated carbocycles. The van der Waals surface area contributed by atoms with E-state index in [1.54, 1.807) is 0 Å². The zero-order chi connectivity index (χ0) is 19.5. The molecule has 0 aliphatic heterocycles. The number of nitrogens with one attached hydrogen (secondary N) is 1. The minimum atomic E-state index is -1.08. The monoisotopic (exact) mass is 377 g/mol. The fraction of sp³-hybridized carbons (Fsp3) is 0.583. The first-order valence-corrected chi connectivity index (χ1v) is 7.17. The van der Waals surface area contributed by atoms with Crippen LogP contribution in [0.4, 0.5) is 9.32 Å². The smallest absolute Gasteiger partial charge is 0.408 e. The molecule has 0 spiro atoms. The zero-order valence-corrected chi connectivity index (χ0v) is 13.7. The Morgan fingerprint density at radius 1 is 1.15 bits per heavy atom. The Morgan fingerprint density at radius 2 is 1.81 bits per heavy atom. The van der Waals surface area contributed by atoms with Crippen LogP contribution in [0, 0.1) is 0 Å². The van der Waals surface area contributed by atoms with Crippen molar-refractivity contribution in [1.82, 2.24) is 19.0 Å². The van der Waals surface area contributed by atoms with Crippen molar-refractivity contribution < 1.29 is 28.5 Å². The predicted molar refractivity (Wildman–Crippen MR) is 80.5 cm³/mol. The standard InChI is InChI=1S/C12H16FN5O8/c1-2-16-10(21)17(5-14-7-19)12(23)18(11(16)22)6-15-9(20)25-4-3-24-8-26-13/h2-6,8H2,1H3,(H,15,20). The van der Waals surface area contributed by atoms with Crippen molar-refractivity contribution in [3.05, 3.63) is 31.5 Å². The maximum absolute atomic E-state index is 12.2. The van der Waals surface area contributed by atoms with Gasteiger partial charge in [0, 0.05) is 6.54 Å². The van der Waals surface area contributed by atoms with Crippen LogP contribution in [0.1, 0.15) is 6.92 Å². The van der Waals surface area contributed by atoms with Gasteiger partial charge >= 0.3 is 23.2 Å². The number of halogens is 1. The summed E-state index contributed by atoms with van der Waals surface area (Å²) in [7, 11) is 0. The molecule has 1 rings (SSSR count). The van der Waals surface area contributed by atoms with Crippen molar-refractivity contribution >= 4 is 12.2 Å². The summed E-state index contributed by atoms with van der Waals surface area (Å²) in [6.07, 6.45) is 0.183. The van der Waals surface area contributed by atoms with Crippen LogP contribution in [0.25, 0.3) is 0 Å². The number of aliphatic imine (C=N–C) groups is 1.